The predicted octanol–water partition coefficient (Wildman–Crippen LogP) is 2.82. The molecule has 70 valence electrons. The lowest BCUT2D eigenvalue weighted by Crippen LogP contribution is -2.45. The Kier molecular flexibility index (Phi) is 2.65. The summed E-state index contributed by atoms with van der Waals surface area (Å²) in [5.74, 6) is 0. The average molecular weight is 244 g/mol. The minimum absolute atomic E-state index is 0.0225. The molecule has 13 heavy (non-hydrogen) atoms. The van der Waals surface area contributed by atoms with E-state index in [9.17, 15) is 4.39 Å². The first-order chi connectivity index (χ1) is 6.27. The summed E-state index contributed by atoms with van der Waals surface area (Å²) >= 11 is 3.33. The number of hydrogen-bond donors (Lipinski definition) is 1. The molecular formula is C10H11BrFN. The van der Waals surface area contributed by atoms with Crippen LogP contribution >= 0.6 is 15.9 Å². The largest absolute Gasteiger partial charge is 0.311 e. The highest BCUT2D eigenvalue weighted by molar-refractivity contribution is 9.10. The van der Waals surface area contributed by atoms with Crippen molar-refractivity contribution in [2.24, 2.45) is 0 Å². The quantitative estimate of drug-likeness (QED) is 0.843. The number of rotatable bonds is 2. The van der Waals surface area contributed by atoms with Gasteiger partial charge in [-0.25, -0.2) is 4.39 Å². The van der Waals surface area contributed by atoms with Gasteiger partial charge in [-0.15, -0.1) is 0 Å². The van der Waals surface area contributed by atoms with Crippen LogP contribution in [0.5, 0.6) is 0 Å². The molecule has 1 aromatic rings. The Morgan fingerprint density at radius 1 is 1.54 bits per heavy atom. The van der Waals surface area contributed by atoms with Gasteiger partial charge in [0.2, 0.25) is 0 Å². The number of alkyl halides is 1. The van der Waals surface area contributed by atoms with E-state index in [4.69, 9.17) is 0 Å². The van der Waals surface area contributed by atoms with E-state index in [1.807, 2.05) is 24.3 Å². The van der Waals surface area contributed by atoms with Gasteiger partial charge in [-0.3, -0.25) is 0 Å². The summed E-state index contributed by atoms with van der Waals surface area (Å²) < 4.78 is 14.6. The van der Waals surface area contributed by atoms with E-state index < -0.39 is 6.17 Å². The van der Waals surface area contributed by atoms with Crippen LogP contribution in [-0.4, -0.2) is 12.6 Å². The van der Waals surface area contributed by atoms with Gasteiger partial charge >= 0.3 is 0 Å². The lowest BCUT2D eigenvalue weighted by atomic mass is 9.96. The third kappa shape index (κ3) is 1.92. The second-order valence-electron chi connectivity index (χ2n) is 3.31. The topological polar surface area (TPSA) is 12.0 Å². The van der Waals surface area contributed by atoms with Crippen molar-refractivity contribution in [3.8, 4) is 0 Å². The van der Waals surface area contributed by atoms with Gasteiger partial charge in [0, 0.05) is 10.5 Å². The fraction of sp³-hybridized carbons (Fsp3) is 0.400. The summed E-state index contributed by atoms with van der Waals surface area (Å²) in [5, 5.41) is 3.07. The molecule has 1 aliphatic rings. The summed E-state index contributed by atoms with van der Waals surface area (Å²) in [5.41, 5.74) is 0.756. The minimum atomic E-state index is -0.869. The molecule has 1 N–H and O–H groups in total. The molecule has 1 heterocycles. The van der Waals surface area contributed by atoms with Crippen LogP contribution in [0.25, 0.3) is 0 Å². The maximum atomic E-state index is 13.7. The number of benzene rings is 1. The molecule has 2 unspecified atom stereocenters. The standard InChI is InChI=1S/C10H11BrFN/c11-8-3-1-2-7(6-8)10(12)9-4-5-13-9/h1-3,6,9-10,13H,4-5H2. The molecule has 0 aliphatic carbocycles. The van der Waals surface area contributed by atoms with Crippen molar-refractivity contribution < 1.29 is 4.39 Å². The molecule has 1 aliphatic heterocycles. The Balaban J connectivity index is 2.14. The predicted molar refractivity (Wildman–Crippen MR) is 54.4 cm³/mol. The zero-order chi connectivity index (χ0) is 9.26. The minimum Gasteiger partial charge on any atom is -0.311 e. The molecule has 2 rings (SSSR count). The van der Waals surface area contributed by atoms with E-state index in [-0.39, 0.29) is 6.04 Å². The first-order valence-corrected chi connectivity index (χ1v) is 5.19. The van der Waals surface area contributed by atoms with Crippen LogP contribution < -0.4 is 5.32 Å². The van der Waals surface area contributed by atoms with E-state index in [1.54, 1.807) is 0 Å². The van der Waals surface area contributed by atoms with Crippen LogP contribution in [-0.2, 0) is 0 Å². The number of nitrogens with one attached hydrogen (secondary N) is 1. The Hall–Kier alpha value is -0.410. The van der Waals surface area contributed by atoms with Gasteiger partial charge in [-0.2, -0.15) is 0 Å². The molecule has 0 radical (unpaired) electrons. The third-order valence-electron chi connectivity index (χ3n) is 2.38. The van der Waals surface area contributed by atoms with Crippen molar-refractivity contribution in [1.82, 2.24) is 5.32 Å². The Bertz CT molecular complexity index is 299. The zero-order valence-corrected chi connectivity index (χ0v) is 8.72. The average Bonchev–Trinajstić information content (AvgIpc) is 2.01. The molecule has 3 heteroatoms. The summed E-state index contributed by atoms with van der Waals surface area (Å²) in [7, 11) is 0. The molecular weight excluding hydrogens is 233 g/mol. The molecule has 0 aromatic heterocycles. The summed E-state index contributed by atoms with van der Waals surface area (Å²) in [4.78, 5) is 0. The molecule has 0 saturated carbocycles. The van der Waals surface area contributed by atoms with E-state index in [0.29, 0.717) is 0 Å². The van der Waals surface area contributed by atoms with Crippen molar-refractivity contribution in [3.05, 3.63) is 34.3 Å². The molecule has 0 amide bonds. The van der Waals surface area contributed by atoms with Crippen LogP contribution in [0.15, 0.2) is 28.7 Å². The molecule has 1 nitrogen and oxygen atoms in total. The summed E-state index contributed by atoms with van der Waals surface area (Å²) in [6.45, 7) is 0.944. The van der Waals surface area contributed by atoms with Gasteiger partial charge in [0.05, 0.1) is 0 Å². The van der Waals surface area contributed by atoms with Gasteiger partial charge < -0.3 is 5.32 Å². The first kappa shape index (κ1) is 9.16. The van der Waals surface area contributed by atoms with Gasteiger partial charge in [-0.05, 0) is 30.7 Å². The number of hydrogen-bond acceptors (Lipinski definition) is 1. The van der Waals surface area contributed by atoms with E-state index in [2.05, 4.69) is 21.2 Å². The second-order valence-corrected chi connectivity index (χ2v) is 4.22. The van der Waals surface area contributed by atoms with Gasteiger partial charge in [0.15, 0.2) is 0 Å². The number of halogens is 2. The van der Waals surface area contributed by atoms with Crippen molar-refractivity contribution in [2.75, 3.05) is 6.54 Å². The smallest absolute Gasteiger partial charge is 0.140 e. The summed E-state index contributed by atoms with van der Waals surface area (Å²) in [6.07, 6.45) is 0.0690. The third-order valence-corrected chi connectivity index (χ3v) is 2.88. The fourth-order valence-electron chi connectivity index (χ4n) is 1.47. The Morgan fingerprint density at radius 3 is 2.85 bits per heavy atom. The zero-order valence-electron chi connectivity index (χ0n) is 7.13. The van der Waals surface area contributed by atoms with Crippen molar-refractivity contribution in [1.29, 1.82) is 0 Å². The first-order valence-electron chi connectivity index (χ1n) is 4.40. The highest BCUT2D eigenvalue weighted by Crippen LogP contribution is 2.28. The lowest BCUT2D eigenvalue weighted by Gasteiger charge is -2.30. The molecule has 1 fully saturated rings. The SMILES string of the molecule is FC(c1cccc(Br)c1)C1CCN1. The van der Waals surface area contributed by atoms with Crippen LogP contribution in [0.2, 0.25) is 0 Å². The summed E-state index contributed by atoms with van der Waals surface area (Å²) in [6, 6.07) is 7.46. The molecule has 2 atom stereocenters. The van der Waals surface area contributed by atoms with Gasteiger partial charge in [-0.1, -0.05) is 28.1 Å². The normalized spacial score (nSPS) is 23.7. The van der Waals surface area contributed by atoms with E-state index in [0.717, 1.165) is 23.0 Å². The van der Waals surface area contributed by atoms with Gasteiger partial charge in [0.1, 0.15) is 6.17 Å². The molecule has 1 saturated heterocycles. The monoisotopic (exact) mass is 243 g/mol. The highest BCUT2D eigenvalue weighted by atomic mass is 79.9. The molecule has 1 aromatic carbocycles. The van der Waals surface area contributed by atoms with Crippen molar-refractivity contribution in [2.45, 2.75) is 18.6 Å². The fourth-order valence-corrected chi connectivity index (χ4v) is 1.89. The Morgan fingerprint density at radius 2 is 2.31 bits per heavy atom. The van der Waals surface area contributed by atoms with Crippen LogP contribution in [0.4, 0.5) is 4.39 Å². The maximum absolute atomic E-state index is 13.7. The van der Waals surface area contributed by atoms with Crippen LogP contribution in [0.1, 0.15) is 18.2 Å². The maximum Gasteiger partial charge on any atom is 0.140 e. The molecule has 0 spiro atoms. The highest BCUT2D eigenvalue weighted by Gasteiger charge is 2.27. The van der Waals surface area contributed by atoms with Crippen LogP contribution in [0, 0.1) is 0 Å². The Labute approximate surface area is 85.5 Å². The van der Waals surface area contributed by atoms with E-state index >= 15 is 0 Å². The van der Waals surface area contributed by atoms with Crippen molar-refractivity contribution in [3.63, 3.8) is 0 Å². The van der Waals surface area contributed by atoms with Gasteiger partial charge in [0.25, 0.3) is 0 Å². The lowest BCUT2D eigenvalue weighted by molar-refractivity contribution is 0.194. The van der Waals surface area contributed by atoms with Crippen molar-refractivity contribution >= 4 is 15.9 Å². The van der Waals surface area contributed by atoms with Crippen LogP contribution in [0.3, 0.4) is 0 Å². The molecule has 0 bridgehead atoms. The van der Waals surface area contributed by atoms with E-state index in [1.165, 1.54) is 0 Å². The second kappa shape index (κ2) is 3.76.